The van der Waals surface area contributed by atoms with Crippen molar-refractivity contribution in [2.75, 3.05) is 11.4 Å². The molecule has 1 fully saturated rings. The zero-order valence-electron chi connectivity index (χ0n) is 14.5. The Bertz CT molecular complexity index is 1020. The van der Waals surface area contributed by atoms with Crippen molar-refractivity contribution in [3.05, 3.63) is 70.3 Å². The van der Waals surface area contributed by atoms with Gasteiger partial charge in [-0.2, -0.15) is 0 Å². The van der Waals surface area contributed by atoms with E-state index < -0.39 is 15.7 Å². The summed E-state index contributed by atoms with van der Waals surface area (Å²) in [6, 6.07) is 14.6. The summed E-state index contributed by atoms with van der Waals surface area (Å²) in [6.45, 7) is 3.01. The van der Waals surface area contributed by atoms with Gasteiger partial charge in [-0.1, -0.05) is 36.4 Å². The number of hydrogen-bond acceptors (Lipinski definition) is 4. The second-order valence-corrected chi connectivity index (χ2v) is 8.47. The van der Waals surface area contributed by atoms with Crippen LogP contribution in [-0.4, -0.2) is 20.9 Å². The fourth-order valence-electron chi connectivity index (χ4n) is 3.67. The molecule has 1 saturated heterocycles. The highest BCUT2D eigenvalue weighted by Gasteiger charge is 2.41. The molecule has 134 valence electrons. The number of nitrogens with zero attached hydrogens (tertiary/aromatic N) is 1. The quantitative estimate of drug-likeness (QED) is 0.905. The molecule has 4 rings (SSSR count). The number of para-hydroxylation sites is 1. The molecule has 2 aliphatic heterocycles. The number of benzene rings is 2. The van der Waals surface area contributed by atoms with Crippen molar-refractivity contribution in [1.29, 1.82) is 0 Å². The van der Waals surface area contributed by atoms with Crippen LogP contribution in [0.2, 0.25) is 0 Å². The topological polar surface area (TPSA) is 66.5 Å². The third-order valence-corrected chi connectivity index (χ3v) is 6.89. The van der Waals surface area contributed by atoms with Gasteiger partial charge >= 0.3 is 0 Å². The molecule has 0 unspecified atom stereocenters. The minimum absolute atomic E-state index is 0.0951. The summed E-state index contributed by atoms with van der Waals surface area (Å²) in [5.74, 6) is -0.523. The van der Waals surface area contributed by atoms with Crippen molar-refractivity contribution < 1.29 is 13.2 Å². The number of carbonyl (C=O) groups excluding carboxylic acids is 1. The van der Waals surface area contributed by atoms with Crippen molar-refractivity contribution in [3.8, 4) is 0 Å². The van der Waals surface area contributed by atoms with Crippen LogP contribution in [0.5, 0.6) is 0 Å². The number of anilines is 1. The van der Waals surface area contributed by atoms with Crippen LogP contribution in [0.15, 0.2) is 64.0 Å². The monoisotopic (exact) mass is 368 g/mol. The highest BCUT2D eigenvalue weighted by atomic mass is 32.2. The van der Waals surface area contributed by atoms with E-state index in [-0.39, 0.29) is 9.80 Å². The second kappa shape index (κ2) is 6.29. The standard InChI is InChI=1S/C20H20N2O3S/c1-14-7-2-3-8-15(14)13-21-20(23)19-17-10-6-12-22(17)16-9-4-5-11-18(16)26(19,24)25/h2-5,7-9,11H,6,10,12-13H2,1H3,(H,21,23). The number of sulfone groups is 1. The first kappa shape index (κ1) is 16.8. The predicted molar refractivity (Wildman–Crippen MR) is 100 cm³/mol. The summed E-state index contributed by atoms with van der Waals surface area (Å²) in [5.41, 5.74) is 3.33. The van der Waals surface area contributed by atoms with Crippen LogP contribution in [0.4, 0.5) is 5.69 Å². The SMILES string of the molecule is Cc1ccccc1CNC(=O)C1=C2CCCN2c2ccccc2S1(=O)=O. The van der Waals surface area contributed by atoms with E-state index in [1.54, 1.807) is 18.2 Å². The van der Waals surface area contributed by atoms with E-state index >= 15 is 0 Å². The minimum Gasteiger partial charge on any atom is -0.347 e. The smallest absolute Gasteiger partial charge is 0.265 e. The van der Waals surface area contributed by atoms with Gasteiger partial charge in [0, 0.05) is 18.8 Å². The van der Waals surface area contributed by atoms with Crippen LogP contribution < -0.4 is 10.2 Å². The van der Waals surface area contributed by atoms with Crippen molar-refractivity contribution in [2.24, 2.45) is 0 Å². The zero-order chi connectivity index (χ0) is 18.3. The van der Waals surface area contributed by atoms with Crippen LogP contribution in [0.3, 0.4) is 0 Å². The Morgan fingerprint density at radius 2 is 1.85 bits per heavy atom. The Morgan fingerprint density at radius 1 is 1.12 bits per heavy atom. The van der Waals surface area contributed by atoms with Crippen LogP contribution in [0, 0.1) is 6.92 Å². The minimum atomic E-state index is -3.82. The number of hydrogen-bond donors (Lipinski definition) is 1. The molecule has 0 aromatic heterocycles. The Hall–Kier alpha value is -2.60. The van der Waals surface area contributed by atoms with Crippen LogP contribution in [-0.2, 0) is 21.2 Å². The molecule has 2 aromatic rings. The average Bonchev–Trinajstić information content (AvgIpc) is 3.10. The fraction of sp³-hybridized carbons (Fsp3) is 0.250. The molecule has 5 nitrogen and oxygen atoms in total. The molecule has 0 aliphatic carbocycles. The van der Waals surface area contributed by atoms with Gasteiger partial charge in [-0.05, 0) is 43.0 Å². The van der Waals surface area contributed by atoms with Gasteiger partial charge in [-0.25, -0.2) is 8.42 Å². The Morgan fingerprint density at radius 3 is 2.65 bits per heavy atom. The maximum atomic E-state index is 13.1. The van der Waals surface area contributed by atoms with E-state index in [0.29, 0.717) is 24.4 Å². The summed E-state index contributed by atoms with van der Waals surface area (Å²) in [4.78, 5) is 15.0. The normalized spacial score (nSPS) is 17.7. The van der Waals surface area contributed by atoms with Gasteiger partial charge in [-0.3, -0.25) is 4.79 Å². The second-order valence-electron chi connectivity index (χ2n) is 6.61. The van der Waals surface area contributed by atoms with Crippen molar-refractivity contribution in [1.82, 2.24) is 5.32 Å². The molecule has 1 N–H and O–H groups in total. The van der Waals surface area contributed by atoms with E-state index in [0.717, 1.165) is 24.1 Å². The summed E-state index contributed by atoms with van der Waals surface area (Å²) < 4.78 is 26.2. The largest absolute Gasteiger partial charge is 0.347 e. The lowest BCUT2D eigenvalue weighted by molar-refractivity contribution is -0.117. The van der Waals surface area contributed by atoms with E-state index in [9.17, 15) is 13.2 Å². The van der Waals surface area contributed by atoms with Gasteiger partial charge in [0.05, 0.1) is 10.6 Å². The summed E-state index contributed by atoms with van der Waals surface area (Å²) in [5, 5.41) is 2.81. The zero-order valence-corrected chi connectivity index (χ0v) is 15.3. The molecular formula is C20H20N2O3S. The molecule has 0 bridgehead atoms. The number of fused-ring (bicyclic) bond motifs is 3. The Kier molecular flexibility index (Phi) is 4.07. The molecular weight excluding hydrogens is 348 g/mol. The average molecular weight is 368 g/mol. The van der Waals surface area contributed by atoms with Gasteiger partial charge in [0.25, 0.3) is 5.91 Å². The molecule has 1 amide bonds. The van der Waals surface area contributed by atoms with Crippen molar-refractivity contribution in [2.45, 2.75) is 31.2 Å². The first-order valence-corrected chi connectivity index (χ1v) is 10.2. The molecule has 6 heteroatoms. The molecule has 0 saturated carbocycles. The Labute approximate surface area is 153 Å². The van der Waals surface area contributed by atoms with Crippen LogP contribution in [0.25, 0.3) is 0 Å². The van der Waals surface area contributed by atoms with E-state index in [1.165, 1.54) is 0 Å². The molecule has 0 atom stereocenters. The number of aryl methyl sites for hydroxylation is 1. The summed E-state index contributed by atoms with van der Waals surface area (Å²) in [6.07, 6.45) is 1.44. The van der Waals surface area contributed by atoms with E-state index in [1.807, 2.05) is 42.2 Å². The van der Waals surface area contributed by atoms with Crippen LogP contribution >= 0.6 is 0 Å². The maximum Gasteiger partial charge on any atom is 0.265 e. The molecule has 2 aliphatic rings. The lowest BCUT2D eigenvalue weighted by Crippen LogP contribution is -2.35. The first-order chi connectivity index (χ1) is 12.5. The number of allylic oxidation sites excluding steroid dienone is 1. The number of amides is 1. The molecule has 2 aromatic carbocycles. The molecule has 0 spiro atoms. The maximum absolute atomic E-state index is 13.1. The highest BCUT2D eigenvalue weighted by Crippen LogP contribution is 2.43. The van der Waals surface area contributed by atoms with Gasteiger partial charge in [-0.15, -0.1) is 0 Å². The van der Waals surface area contributed by atoms with Gasteiger partial charge in [0.1, 0.15) is 0 Å². The lowest BCUT2D eigenvalue weighted by Gasteiger charge is -2.29. The highest BCUT2D eigenvalue weighted by molar-refractivity contribution is 7.96. The summed E-state index contributed by atoms with van der Waals surface area (Å²) >= 11 is 0. The number of nitrogens with one attached hydrogen (secondary N) is 1. The van der Waals surface area contributed by atoms with Gasteiger partial charge in [0.2, 0.25) is 9.84 Å². The third-order valence-electron chi connectivity index (χ3n) is 5.00. The summed E-state index contributed by atoms with van der Waals surface area (Å²) in [7, 11) is -3.82. The lowest BCUT2D eigenvalue weighted by atomic mass is 10.1. The number of rotatable bonds is 3. The molecule has 2 heterocycles. The fourth-order valence-corrected chi connectivity index (χ4v) is 5.44. The number of carbonyl (C=O) groups is 1. The predicted octanol–water partition coefficient (Wildman–Crippen LogP) is 2.91. The van der Waals surface area contributed by atoms with Crippen LogP contribution in [0.1, 0.15) is 24.0 Å². The van der Waals surface area contributed by atoms with Crippen molar-refractivity contribution >= 4 is 21.4 Å². The van der Waals surface area contributed by atoms with E-state index in [2.05, 4.69) is 5.32 Å². The van der Waals surface area contributed by atoms with E-state index in [4.69, 9.17) is 0 Å². The molecule has 0 radical (unpaired) electrons. The first-order valence-electron chi connectivity index (χ1n) is 8.67. The van der Waals surface area contributed by atoms with Gasteiger partial charge < -0.3 is 10.2 Å². The Balaban J connectivity index is 1.71. The van der Waals surface area contributed by atoms with Gasteiger partial charge in [0.15, 0.2) is 4.91 Å². The third kappa shape index (κ3) is 2.61. The van der Waals surface area contributed by atoms with Crippen molar-refractivity contribution in [3.63, 3.8) is 0 Å². The molecule has 26 heavy (non-hydrogen) atoms.